The minimum absolute atomic E-state index is 0.275. The molecule has 0 unspecified atom stereocenters. The van der Waals surface area contributed by atoms with E-state index < -0.39 is 6.09 Å². The zero-order valence-corrected chi connectivity index (χ0v) is 14.8. The van der Waals surface area contributed by atoms with Gasteiger partial charge in [-0.2, -0.15) is 4.98 Å². The third-order valence-corrected chi connectivity index (χ3v) is 3.73. The van der Waals surface area contributed by atoms with Gasteiger partial charge >= 0.3 is 6.09 Å². The molecule has 3 aromatic rings. The van der Waals surface area contributed by atoms with Crippen LogP contribution in [0, 0.1) is 0 Å². The molecule has 0 bridgehead atoms. The molecule has 0 aliphatic rings. The van der Waals surface area contributed by atoms with E-state index in [-0.39, 0.29) is 5.89 Å². The Bertz CT molecular complexity index is 927. The zero-order valence-electron chi connectivity index (χ0n) is 14.8. The first-order chi connectivity index (χ1) is 13.0. The molecule has 0 saturated carbocycles. The summed E-state index contributed by atoms with van der Waals surface area (Å²) < 4.78 is 21.3. The van der Waals surface area contributed by atoms with Crippen LogP contribution in [0.4, 0.5) is 10.5 Å². The van der Waals surface area contributed by atoms with Crippen LogP contribution >= 0.6 is 0 Å². The predicted molar refractivity (Wildman–Crippen MR) is 96.5 cm³/mol. The fourth-order valence-corrected chi connectivity index (χ4v) is 2.49. The number of aromatic nitrogens is 2. The van der Waals surface area contributed by atoms with E-state index in [1.165, 1.54) is 21.3 Å². The second-order valence-corrected chi connectivity index (χ2v) is 5.34. The summed E-state index contributed by atoms with van der Waals surface area (Å²) in [5.74, 6) is 2.04. The van der Waals surface area contributed by atoms with E-state index in [0.717, 1.165) is 0 Å². The van der Waals surface area contributed by atoms with Crippen molar-refractivity contribution in [1.29, 1.82) is 0 Å². The van der Waals surface area contributed by atoms with Crippen LogP contribution in [0.1, 0.15) is 0 Å². The number of nitrogens with zero attached hydrogens (tertiary/aromatic N) is 2. The largest absolute Gasteiger partial charge is 0.493 e. The molecule has 1 heterocycles. The van der Waals surface area contributed by atoms with Crippen LogP contribution in [0.15, 0.2) is 40.9 Å². The average molecular weight is 371 g/mol. The molecule has 27 heavy (non-hydrogen) atoms. The molecular weight excluding hydrogens is 354 g/mol. The standard InChI is InChI=1S/C18H17N3O6/c1-24-13-8-11(9-14(25-2)15(13)26-3)17-20-16(21-27-17)10-4-6-12(7-5-10)19-18(22)23/h4-9,19H,1-3H3,(H,22,23). The number of nitrogens with one attached hydrogen (secondary N) is 1. The number of carboxylic acid groups (broad SMARTS) is 1. The van der Waals surface area contributed by atoms with Crippen molar-refractivity contribution < 1.29 is 28.6 Å². The third kappa shape index (κ3) is 3.76. The van der Waals surface area contributed by atoms with Crippen molar-refractivity contribution in [1.82, 2.24) is 10.1 Å². The van der Waals surface area contributed by atoms with Crippen molar-refractivity contribution in [2.75, 3.05) is 26.6 Å². The first kappa shape index (κ1) is 18.1. The minimum Gasteiger partial charge on any atom is -0.493 e. The Hall–Kier alpha value is -3.75. The molecule has 0 spiro atoms. The van der Waals surface area contributed by atoms with Gasteiger partial charge < -0.3 is 23.8 Å². The van der Waals surface area contributed by atoms with E-state index in [2.05, 4.69) is 15.5 Å². The Balaban J connectivity index is 1.92. The average Bonchev–Trinajstić information content (AvgIpc) is 3.17. The fourth-order valence-electron chi connectivity index (χ4n) is 2.49. The lowest BCUT2D eigenvalue weighted by atomic mass is 10.1. The van der Waals surface area contributed by atoms with E-state index in [1.54, 1.807) is 36.4 Å². The molecule has 1 aromatic heterocycles. The Kier molecular flexibility index (Phi) is 5.11. The van der Waals surface area contributed by atoms with Crippen molar-refractivity contribution in [3.05, 3.63) is 36.4 Å². The Morgan fingerprint density at radius 1 is 1.00 bits per heavy atom. The van der Waals surface area contributed by atoms with Crippen molar-refractivity contribution in [3.8, 4) is 40.1 Å². The summed E-state index contributed by atoms with van der Waals surface area (Å²) in [5, 5.41) is 15.0. The molecule has 9 nitrogen and oxygen atoms in total. The van der Waals surface area contributed by atoms with Gasteiger partial charge in [0.2, 0.25) is 11.6 Å². The van der Waals surface area contributed by atoms with Crippen LogP contribution in [-0.4, -0.2) is 42.7 Å². The van der Waals surface area contributed by atoms with Gasteiger partial charge in [0.15, 0.2) is 11.5 Å². The second-order valence-electron chi connectivity index (χ2n) is 5.34. The lowest BCUT2D eigenvalue weighted by Crippen LogP contribution is -2.06. The SMILES string of the molecule is COc1cc(-c2nc(-c3ccc(NC(=O)O)cc3)no2)cc(OC)c1OC. The molecule has 3 rings (SSSR count). The van der Waals surface area contributed by atoms with Gasteiger partial charge in [-0.25, -0.2) is 4.79 Å². The third-order valence-electron chi connectivity index (χ3n) is 3.73. The number of hydrogen-bond acceptors (Lipinski definition) is 7. The normalized spacial score (nSPS) is 10.3. The Labute approximate surface area is 154 Å². The summed E-state index contributed by atoms with van der Waals surface area (Å²) in [5.41, 5.74) is 1.72. The molecule has 0 atom stereocenters. The summed E-state index contributed by atoms with van der Waals surface area (Å²) in [6, 6.07) is 10.0. The second kappa shape index (κ2) is 7.65. The van der Waals surface area contributed by atoms with Crippen LogP contribution in [-0.2, 0) is 0 Å². The number of carbonyl (C=O) groups is 1. The monoisotopic (exact) mass is 371 g/mol. The quantitative estimate of drug-likeness (QED) is 0.676. The maximum absolute atomic E-state index is 10.7. The highest BCUT2D eigenvalue weighted by Crippen LogP contribution is 2.41. The number of rotatable bonds is 6. The summed E-state index contributed by atoms with van der Waals surface area (Å²) in [6.07, 6.45) is -1.13. The van der Waals surface area contributed by atoms with Gasteiger partial charge in [-0.1, -0.05) is 5.16 Å². The molecule has 0 aliphatic carbocycles. The number of ether oxygens (including phenoxy) is 3. The highest BCUT2D eigenvalue weighted by molar-refractivity contribution is 5.83. The van der Waals surface area contributed by atoms with Crippen LogP contribution in [0.3, 0.4) is 0 Å². The highest BCUT2D eigenvalue weighted by Gasteiger charge is 2.18. The molecule has 0 saturated heterocycles. The Morgan fingerprint density at radius 2 is 1.63 bits per heavy atom. The number of methoxy groups -OCH3 is 3. The number of anilines is 1. The van der Waals surface area contributed by atoms with Crippen LogP contribution < -0.4 is 19.5 Å². The van der Waals surface area contributed by atoms with Crippen LogP contribution in [0.2, 0.25) is 0 Å². The first-order valence-electron chi connectivity index (χ1n) is 7.80. The van der Waals surface area contributed by atoms with Gasteiger partial charge in [0, 0.05) is 16.8 Å². The van der Waals surface area contributed by atoms with Gasteiger partial charge in [0.25, 0.3) is 5.89 Å². The molecule has 2 aromatic carbocycles. The first-order valence-corrected chi connectivity index (χ1v) is 7.80. The molecule has 1 amide bonds. The minimum atomic E-state index is -1.13. The highest BCUT2D eigenvalue weighted by atomic mass is 16.5. The van der Waals surface area contributed by atoms with E-state index in [4.69, 9.17) is 23.8 Å². The van der Waals surface area contributed by atoms with Gasteiger partial charge in [0.1, 0.15) is 0 Å². The van der Waals surface area contributed by atoms with Gasteiger partial charge in [-0.3, -0.25) is 5.32 Å². The smallest absolute Gasteiger partial charge is 0.409 e. The molecular formula is C18H17N3O6. The molecule has 9 heteroatoms. The maximum Gasteiger partial charge on any atom is 0.409 e. The molecule has 0 aliphatic heterocycles. The number of benzene rings is 2. The van der Waals surface area contributed by atoms with E-state index in [1.807, 2.05) is 0 Å². The van der Waals surface area contributed by atoms with Gasteiger partial charge in [0.05, 0.1) is 21.3 Å². The lowest BCUT2D eigenvalue weighted by molar-refractivity contribution is 0.209. The van der Waals surface area contributed by atoms with Crippen LogP contribution in [0.5, 0.6) is 17.2 Å². The van der Waals surface area contributed by atoms with Crippen molar-refractivity contribution in [3.63, 3.8) is 0 Å². The molecule has 0 fully saturated rings. The molecule has 0 radical (unpaired) electrons. The van der Waals surface area contributed by atoms with E-state index in [9.17, 15) is 4.79 Å². The van der Waals surface area contributed by atoms with Crippen molar-refractivity contribution in [2.24, 2.45) is 0 Å². The Morgan fingerprint density at radius 3 is 2.15 bits per heavy atom. The van der Waals surface area contributed by atoms with Crippen molar-refractivity contribution in [2.45, 2.75) is 0 Å². The topological polar surface area (TPSA) is 116 Å². The van der Waals surface area contributed by atoms with E-state index >= 15 is 0 Å². The summed E-state index contributed by atoms with van der Waals surface area (Å²) in [6.45, 7) is 0. The number of amides is 1. The summed E-state index contributed by atoms with van der Waals surface area (Å²) >= 11 is 0. The fraction of sp³-hybridized carbons (Fsp3) is 0.167. The van der Waals surface area contributed by atoms with Gasteiger partial charge in [-0.05, 0) is 36.4 Å². The molecule has 2 N–H and O–H groups in total. The maximum atomic E-state index is 10.7. The molecule has 140 valence electrons. The summed E-state index contributed by atoms with van der Waals surface area (Å²) in [7, 11) is 4.56. The van der Waals surface area contributed by atoms with Gasteiger partial charge in [-0.15, -0.1) is 0 Å². The predicted octanol–water partition coefficient (Wildman–Crippen LogP) is 3.52. The van der Waals surface area contributed by atoms with E-state index in [0.29, 0.717) is 39.9 Å². The van der Waals surface area contributed by atoms with Crippen LogP contribution in [0.25, 0.3) is 22.8 Å². The lowest BCUT2D eigenvalue weighted by Gasteiger charge is -2.12. The zero-order chi connectivity index (χ0) is 19.4. The number of hydrogen-bond donors (Lipinski definition) is 2. The summed E-state index contributed by atoms with van der Waals surface area (Å²) in [4.78, 5) is 15.0. The van der Waals surface area contributed by atoms with Crippen molar-refractivity contribution >= 4 is 11.8 Å².